The maximum absolute atomic E-state index is 12.6. The van der Waals surface area contributed by atoms with Crippen molar-refractivity contribution in [3.8, 4) is 0 Å². The van der Waals surface area contributed by atoms with Gasteiger partial charge in [0.05, 0.1) is 24.9 Å². The molecule has 112 valence electrons. The SMILES string of the molecule is CCO[C@H]1CN(C(=O)c2cc(C)no2)Cc2cccn2C1. The highest BCUT2D eigenvalue weighted by atomic mass is 16.5. The van der Waals surface area contributed by atoms with Gasteiger partial charge in [-0.1, -0.05) is 5.16 Å². The summed E-state index contributed by atoms with van der Waals surface area (Å²) in [6.07, 6.45) is 2.00. The summed E-state index contributed by atoms with van der Waals surface area (Å²) in [5.74, 6) is 0.137. The summed E-state index contributed by atoms with van der Waals surface area (Å²) in [6, 6.07) is 5.69. The van der Waals surface area contributed by atoms with E-state index in [1.54, 1.807) is 17.9 Å². The third-order valence-electron chi connectivity index (χ3n) is 3.63. The molecule has 21 heavy (non-hydrogen) atoms. The van der Waals surface area contributed by atoms with Crippen molar-refractivity contribution in [2.75, 3.05) is 13.2 Å². The number of fused-ring (bicyclic) bond motifs is 1. The molecule has 0 saturated carbocycles. The summed E-state index contributed by atoms with van der Waals surface area (Å²) in [5.41, 5.74) is 1.81. The van der Waals surface area contributed by atoms with Crippen LogP contribution in [0.15, 0.2) is 28.9 Å². The molecule has 1 amide bonds. The molecule has 3 heterocycles. The summed E-state index contributed by atoms with van der Waals surface area (Å²) in [6.45, 7) is 6.26. The van der Waals surface area contributed by atoms with Crippen molar-refractivity contribution in [3.05, 3.63) is 41.5 Å². The number of rotatable bonds is 3. The first-order valence-corrected chi connectivity index (χ1v) is 7.15. The van der Waals surface area contributed by atoms with Crippen LogP contribution in [0.4, 0.5) is 0 Å². The monoisotopic (exact) mass is 289 g/mol. The zero-order valence-electron chi connectivity index (χ0n) is 12.3. The molecule has 1 aliphatic rings. The van der Waals surface area contributed by atoms with Crippen molar-refractivity contribution in [1.29, 1.82) is 0 Å². The van der Waals surface area contributed by atoms with E-state index in [4.69, 9.17) is 9.26 Å². The first-order chi connectivity index (χ1) is 10.2. The van der Waals surface area contributed by atoms with E-state index in [2.05, 4.69) is 9.72 Å². The predicted octanol–water partition coefficient (Wildman–Crippen LogP) is 1.85. The Labute approximate surface area is 123 Å². The van der Waals surface area contributed by atoms with E-state index in [0.29, 0.717) is 25.4 Å². The quantitative estimate of drug-likeness (QED) is 0.865. The largest absolute Gasteiger partial charge is 0.375 e. The highest BCUT2D eigenvalue weighted by molar-refractivity contribution is 5.91. The van der Waals surface area contributed by atoms with Gasteiger partial charge in [0, 0.05) is 31.1 Å². The molecule has 1 atom stereocenters. The molecule has 6 heteroatoms. The van der Waals surface area contributed by atoms with E-state index in [9.17, 15) is 4.79 Å². The van der Waals surface area contributed by atoms with Crippen LogP contribution in [-0.2, 0) is 17.8 Å². The highest BCUT2D eigenvalue weighted by Gasteiger charge is 2.27. The minimum atomic E-state index is -0.144. The average Bonchev–Trinajstić information content (AvgIpc) is 3.04. The Morgan fingerprint density at radius 2 is 2.38 bits per heavy atom. The lowest BCUT2D eigenvalue weighted by Gasteiger charge is -2.23. The van der Waals surface area contributed by atoms with Crippen LogP contribution in [0, 0.1) is 6.92 Å². The van der Waals surface area contributed by atoms with Gasteiger partial charge in [0.15, 0.2) is 0 Å². The molecule has 0 unspecified atom stereocenters. The third-order valence-corrected chi connectivity index (χ3v) is 3.63. The smallest absolute Gasteiger partial charge is 0.292 e. The summed E-state index contributed by atoms with van der Waals surface area (Å²) in [5, 5.41) is 3.79. The first kappa shape index (κ1) is 13.9. The van der Waals surface area contributed by atoms with Crippen molar-refractivity contribution < 1.29 is 14.1 Å². The maximum Gasteiger partial charge on any atom is 0.292 e. The number of aromatic nitrogens is 2. The lowest BCUT2D eigenvalue weighted by atomic mass is 10.3. The second-order valence-corrected chi connectivity index (χ2v) is 5.25. The Balaban J connectivity index is 1.85. The van der Waals surface area contributed by atoms with Crippen LogP contribution in [0.2, 0.25) is 0 Å². The second kappa shape index (κ2) is 5.73. The van der Waals surface area contributed by atoms with Crippen molar-refractivity contribution in [1.82, 2.24) is 14.6 Å². The Morgan fingerprint density at radius 1 is 1.52 bits per heavy atom. The number of ether oxygens (including phenoxy) is 1. The van der Waals surface area contributed by atoms with Gasteiger partial charge in [0.25, 0.3) is 5.91 Å². The molecule has 0 bridgehead atoms. The van der Waals surface area contributed by atoms with Gasteiger partial charge in [0.2, 0.25) is 5.76 Å². The standard InChI is InChI=1S/C15H19N3O3/c1-3-20-13-9-17-6-4-5-12(17)8-18(10-13)15(19)14-7-11(2)16-21-14/h4-7,13H,3,8-10H2,1-2H3/t13-/m1/s1. The molecule has 6 nitrogen and oxygen atoms in total. The number of carbonyl (C=O) groups excluding carboxylic acids is 1. The van der Waals surface area contributed by atoms with Gasteiger partial charge in [-0.2, -0.15) is 0 Å². The molecular weight excluding hydrogens is 270 g/mol. The Bertz CT molecular complexity index is 632. The molecule has 3 rings (SSSR count). The zero-order valence-corrected chi connectivity index (χ0v) is 12.3. The fourth-order valence-electron chi connectivity index (χ4n) is 2.67. The molecule has 0 fully saturated rings. The number of carbonyl (C=O) groups is 1. The highest BCUT2D eigenvalue weighted by Crippen LogP contribution is 2.18. The molecule has 0 aliphatic carbocycles. The molecule has 1 aliphatic heterocycles. The molecule has 0 saturated heterocycles. The van der Waals surface area contributed by atoms with E-state index in [-0.39, 0.29) is 17.8 Å². The summed E-state index contributed by atoms with van der Waals surface area (Å²) < 4.78 is 13.0. The number of amides is 1. The van der Waals surface area contributed by atoms with Crippen LogP contribution >= 0.6 is 0 Å². The van der Waals surface area contributed by atoms with Gasteiger partial charge in [-0.25, -0.2) is 0 Å². The van der Waals surface area contributed by atoms with E-state index < -0.39 is 0 Å². The number of nitrogens with zero attached hydrogens (tertiary/aromatic N) is 3. The first-order valence-electron chi connectivity index (χ1n) is 7.15. The molecule has 2 aromatic rings. The van der Waals surface area contributed by atoms with Gasteiger partial charge < -0.3 is 18.7 Å². The normalized spacial score (nSPS) is 18.4. The fourth-order valence-corrected chi connectivity index (χ4v) is 2.67. The maximum atomic E-state index is 12.6. The second-order valence-electron chi connectivity index (χ2n) is 5.25. The van der Waals surface area contributed by atoms with E-state index in [1.165, 1.54) is 0 Å². The van der Waals surface area contributed by atoms with Gasteiger partial charge in [-0.3, -0.25) is 4.79 Å². The minimum Gasteiger partial charge on any atom is -0.375 e. The summed E-state index contributed by atoms with van der Waals surface area (Å²) >= 11 is 0. The van der Waals surface area contributed by atoms with Crippen LogP contribution in [0.25, 0.3) is 0 Å². The van der Waals surface area contributed by atoms with Crippen molar-refractivity contribution >= 4 is 5.91 Å². The van der Waals surface area contributed by atoms with Crippen LogP contribution < -0.4 is 0 Å². The van der Waals surface area contributed by atoms with Gasteiger partial charge >= 0.3 is 0 Å². The van der Waals surface area contributed by atoms with Crippen LogP contribution in [0.1, 0.15) is 28.9 Å². The lowest BCUT2D eigenvalue weighted by Crippen LogP contribution is -2.37. The number of aryl methyl sites for hydroxylation is 1. The Hall–Kier alpha value is -2.08. The fraction of sp³-hybridized carbons (Fsp3) is 0.467. The zero-order chi connectivity index (χ0) is 14.8. The van der Waals surface area contributed by atoms with Crippen molar-refractivity contribution in [3.63, 3.8) is 0 Å². The Morgan fingerprint density at radius 3 is 3.10 bits per heavy atom. The molecule has 0 N–H and O–H groups in total. The summed E-state index contributed by atoms with van der Waals surface area (Å²) in [4.78, 5) is 14.3. The van der Waals surface area contributed by atoms with E-state index >= 15 is 0 Å². The van der Waals surface area contributed by atoms with Gasteiger partial charge in [-0.15, -0.1) is 0 Å². The van der Waals surface area contributed by atoms with E-state index in [0.717, 1.165) is 12.2 Å². The van der Waals surface area contributed by atoms with Crippen molar-refractivity contribution in [2.45, 2.75) is 33.0 Å². The lowest BCUT2D eigenvalue weighted by molar-refractivity contribution is 0.0244. The number of hydrogen-bond donors (Lipinski definition) is 0. The topological polar surface area (TPSA) is 60.5 Å². The van der Waals surface area contributed by atoms with Crippen LogP contribution in [0.3, 0.4) is 0 Å². The van der Waals surface area contributed by atoms with E-state index in [1.807, 2.05) is 25.3 Å². The summed E-state index contributed by atoms with van der Waals surface area (Å²) in [7, 11) is 0. The predicted molar refractivity (Wildman–Crippen MR) is 75.8 cm³/mol. The molecule has 0 spiro atoms. The van der Waals surface area contributed by atoms with Crippen LogP contribution in [-0.4, -0.2) is 39.8 Å². The average molecular weight is 289 g/mol. The third kappa shape index (κ3) is 2.85. The molecule has 0 aromatic carbocycles. The number of hydrogen-bond acceptors (Lipinski definition) is 4. The molecule has 2 aromatic heterocycles. The Kier molecular flexibility index (Phi) is 3.79. The molecule has 0 radical (unpaired) electrons. The minimum absolute atomic E-state index is 0.0170. The molecular formula is C15H19N3O3. The van der Waals surface area contributed by atoms with Gasteiger partial charge in [0.1, 0.15) is 0 Å². The van der Waals surface area contributed by atoms with Crippen molar-refractivity contribution in [2.24, 2.45) is 0 Å². The van der Waals surface area contributed by atoms with Gasteiger partial charge in [-0.05, 0) is 26.0 Å². The van der Waals surface area contributed by atoms with Crippen LogP contribution in [0.5, 0.6) is 0 Å².